The van der Waals surface area contributed by atoms with Gasteiger partial charge in [0.05, 0.1) is 6.33 Å². The number of carbonyl (C=O) groups is 3. The minimum Gasteiger partial charge on any atom is -0.337 e. The Morgan fingerprint density at radius 1 is 0.800 bits per heavy atom. The third-order valence-corrected chi connectivity index (χ3v) is 5.43. The second-order valence-corrected chi connectivity index (χ2v) is 7.93. The van der Waals surface area contributed by atoms with Crippen LogP contribution >= 0.6 is 0 Å². The summed E-state index contributed by atoms with van der Waals surface area (Å²) in [6, 6.07) is 21.0. The number of benzene rings is 3. The van der Waals surface area contributed by atoms with Crippen molar-refractivity contribution in [1.29, 1.82) is 0 Å². The zero-order valence-corrected chi connectivity index (χ0v) is 19.2. The van der Waals surface area contributed by atoms with E-state index in [0.717, 1.165) is 5.56 Å². The Labute approximate surface area is 203 Å². The fraction of sp³-hybridized carbons (Fsp3) is 0.111. The van der Waals surface area contributed by atoms with E-state index in [1.165, 1.54) is 0 Å². The van der Waals surface area contributed by atoms with E-state index in [2.05, 4.69) is 20.9 Å². The first-order valence-electron chi connectivity index (χ1n) is 11.1. The molecular weight excluding hydrogens is 442 g/mol. The van der Waals surface area contributed by atoms with Crippen molar-refractivity contribution in [2.24, 2.45) is 0 Å². The number of imidazole rings is 1. The molecule has 1 heterocycles. The van der Waals surface area contributed by atoms with E-state index in [-0.39, 0.29) is 24.1 Å². The van der Waals surface area contributed by atoms with Crippen molar-refractivity contribution in [3.63, 3.8) is 0 Å². The van der Waals surface area contributed by atoms with Crippen molar-refractivity contribution in [3.05, 3.63) is 108 Å². The first-order valence-corrected chi connectivity index (χ1v) is 11.1. The van der Waals surface area contributed by atoms with Crippen LogP contribution in [0.3, 0.4) is 0 Å². The number of rotatable bonds is 8. The lowest BCUT2D eigenvalue weighted by molar-refractivity contribution is -0.116. The predicted molar refractivity (Wildman–Crippen MR) is 135 cm³/mol. The number of nitrogens with one attached hydrogen (secondary N) is 3. The third kappa shape index (κ3) is 6.20. The molecule has 0 unspecified atom stereocenters. The molecule has 3 amide bonds. The van der Waals surface area contributed by atoms with Crippen LogP contribution in [0.15, 0.2) is 91.5 Å². The molecule has 8 nitrogen and oxygen atoms in total. The minimum absolute atomic E-state index is 0.158. The molecule has 0 bridgehead atoms. The maximum absolute atomic E-state index is 12.9. The molecule has 0 fully saturated rings. The van der Waals surface area contributed by atoms with Gasteiger partial charge in [-0.05, 0) is 55.0 Å². The summed E-state index contributed by atoms with van der Waals surface area (Å²) in [5.41, 5.74) is 3.40. The van der Waals surface area contributed by atoms with Gasteiger partial charge in [-0.2, -0.15) is 0 Å². The van der Waals surface area contributed by atoms with Crippen LogP contribution in [0.4, 0.5) is 17.1 Å². The molecule has 0 saturated carbocycles. The molecule has 0 radical (unpaired) electrons. The van der Waals surface area contributed by atoms with E-state index in [4.69, 9.17) is 0 Å². The lowest BCUT2D eigenvalue weighted by atomic mass is 10.1. The second-order valence-electron chi connectivity index (χ2n) is 7.93. The summed E-state index contributed by atoms with van der Waals surface area (Å²) in [4.78, 5) is 41.7. The molecule has 35 heavy (non-hydrogen) atoms. The smallest absolute Gasteiger partial charge is 0.255 e. The first kappa shape index (κ1) is 23.4. The van der Waals surface area contributed by atoms with Crippen molar-refractivity contribution in [3.8, 4) is 0 Å². The highest BCUT2D eigenvalue weighted by atomic mass is 16.2. The Kier molecular flexibility index (Phi) is 7.32. The Balaban J connectivity index is 1.40. The molecule has 0 aliphatic heterocycles. The van der Waals surface area contributed by atoms with Crippen molar-refractivity contribution in [2.45, 2.75) is 19.9 Å². The number of amides is 3. The van der Waals surface area contributed by atoms with E-state index in [1.54, 1.807) is 85.5 Å². The number of hydrogen-bond acceptors (Lipinski definition) is 4. The van der Waals surface area contributed by atoms with Gasteiger partial charge >= 0.3 is 0 Å². The SMILES string of the molecule is Cc1c(NC(=O)c2ccccc2)cccc1NC(=O)c1cccc(NC(=O)CCn2ccnc2)c1. The van der Waals surface area contributed by atoms with Gasteiger partial charge in [0.15, 0.2) is 0 Å². The van der Waals surface area contributed by atoms with Gasteiger partial charge in [0, 0.05) is 53.5 Å². The van der Waals surface area contributed by atoms with Crippen LogP contribution in [0.2, 0.25) is 0 Å². The number of anilines is 3. The number of nitrogens with zero attached hydrogens (tertiary/aromatic N) is 2. The van der Waals surface area contributed by atoms with E-state index in [1.807, 2.05) is 17.6 Å². The standard InChI is InChI=1S/C27H25N5O3/c1-19-23(30-26(34)20-7-3-2-4-8-20)11-6-12-24(19)31-27(35)21-9-5-10-22(17-21)29-25(33)13-15-32-16-14-28-18-32/h2-12,14,16-18H,13,15H2,1H3,(H,29,33)(H,30,34)(H,31,35). The molecule has 8 heteroatoms. The quantitative estimate of drug-likeness (QED) is 0.349. The molecule has 1 aromatic heterocycles. The summed E-state index contributed by atoms with van der Waals surface area (Å²) in [5, 5.41) is 8.60. The molecular formula is C27H25N5O3. The van der Waals surface area contributed by atoms with Crippen molar-refractivity contribution >= 4 is 34.8 Å². The van der Waals surface area contributed by atoms with E-state index in [0.29, 0.717) is 34.7 Å². The Morgan fingerprint density at radius 2 is 1.46 bits per heavy atom. The van der Waals surface area contributed by atoms with Gasteiger partial charge in [0.2, 0.25) is 5.91 Å². The third-order valence-electron chi connectivity index (χ3n) is 5.43. The van der Waals surface area contributed by atoms with E-state index in [9.17, 15) is 14.4 Å². The van der Waals surface area contributed by atoms with Crippen LogP contribution in [0.5, 0.6) is 0 Å². The van der Waals surface area contributed by atoms with Gasteiger partial charge in [0.1, 0.15) is 0 Å². The second kappa shape index (κ2) is 10.9. The van der Waals surface area contributed by atoms with Crippen LogP contribution in [-0.2, 0) is 11.3 Å². The first-order chi connectivity index (χ1) is 17.0. The lowest BCUT2D eigenvalue weighted by Crippen LogP contribution is -2.17. The van der Waals surface area contributed by atoms with Crippen molar-refractivity contribution in [2.75, 3.05) is 16.0 Å². The molecule has 0 saturated heterocycles. The highest BCUT2D eigenvalue weighted by Gasteiger charge is 2.13. The normalized spacial score (nSPS) is 10.4. The highest BCUT2D eigenvalue weighted by molar-refractivity contribution is 6.07. The summed E-state index contributed by atoms with van der Waals surface area (Å²) in [5.74, 6) is -0.711. The van der Waals surface area contributed by atoms with E-state index >= 15 is 0 Å². The van der Waals surface area contributed by atoms with Crippen LogP contribution in [0.25, 0.3) is 0 Å². The van der Waals surface area contributed by atoms with Crippen molar-refractivity contribution < 1.29 is 14.4 Å². The number of hydrogen-bond donors (Lipinski definition) is 3. The van der Waals surface area contributed by atoms with Crippen LogP contribution < -0.4 is 16.0 Å². The Bertz CT molecular complexity index is 1330. The predicted octanol–water partition coefficient (Wildman–Crippen LogP) is 4.72. The molecule has 0 atom stereocenters. The minimum atomic E-state index is -0.325. The summed E-state index contributed by atoms with van der Waals surface area (Å²) in [6.07, 6.45) is 5.40. The van der Waals surface area contributed by atoms with Crippen LogP contribution in [0, 0.1) is 6.92 Å². The average molecular weight is 468 g/mol. The number of carbonyl (C=O) groups excluding carboxylic acids is 3. The zero-order valence-electron chi connectivity index (χ0n) is 19.2. The average Bonchev–Trinajstić information content (AvgIpc) is 3.40. The Hall–Kier alpha value is -4.72. The maximum Gasteiger partial charge on any atom is 0.255 e. The molecule has 0 aliphatic carbocycles. The van der Waals surface area contributed by atoms with Gasteiger partial charge in [-0.3, -0.25) is 14.4 Å². The highest BCUT2D eigenvalue weighted by Crippen LogP contribution is 2.25. The van der Waals surface area contributed by atoms with Gasteiger partial charge in [-0.25, -0.2) is 4.98 Å². The van der Waals surface area contributed by atoms with Gasteiger partial charge < -0.3 is 20.5 Å². The molecule has 4 rings (SSSR count). The molecule has 0 spiro atoms. The number of aryl methyl sites for hydroxylation is 1. The van der Waals surface area contributed by atoms with Gasteiger partial charge in [-0.15, -0.1) is 0 Å². The summed E-state index contributed by atoms with van der Waals surface area (Å²) in [7, 11) is 0. The fourth-order valence-corrected chi connectivity index (χ4v) is 3.50. The summed E-state index contributed by atoms with van der Waals surface area (Å²) < 4.78 is 1.82. The maximum atomic E-state index is 12.9. The fourth-order valence-electron chi connectivity index (χ4n) is 3.50. The largest absolute Gasteiger partial charge is 0.337 e. The summed E-state index contributed by atoms with van der Waals surface area (Å²) in [6.45, 7) is 2.34. The molecule has 0 aliphatic rings. The monoisotopic (exact) mass is 467 g/mol. The molecule has 4 aromatic rings. The zero-order chi connectivity index (χ0) is 24.6. The molecule has 176 valence electrons. The summed E-state index contributed by atoms with van der Waals surface area (Å²) >= 11 is 0. The van der Waals surface area contributed by atoms with E-state index < -0.39 is 0 Å². The lowest BCUT2D eigenvalue weighted by Gasteiger charge is -2.14. The van der Waals surface area contributed by atoms with Gasteiger partial charge in [0.25, 0.3) is 11.8 Å². The van der Waals surface area contributed by atoms with Gasteiger partial charge in [-0.1, -0.05) is 30.3 Å². The van der Waals surface area contributed by atoms with Crippen LogP contribution in [-0.4, -0.2) is 27.3 Å². The topological polar surface area (TPSA) is 105 Å². The van der Waals surface area contributed by atoms with Crippen LogP contribution in [0.1, 0.15) is 32.7 Å². The molecule has 3 aromatic carbocycles. The van der Waals surface area contributed by atoms with Crippen molar-refractivity contribution in [1.82, 2.24) is 9.55 Å². The Morgan fingerprint density at radius 3 is 2.14 bits per heavy atom. The number of aromatic nitrogens is 2. The molecule has 3 N–H and O–H groups in total.